The molecule has 0 spiro atoms. The van der Waals surface area contributed by atoms with Gasteiger partial charge >= 0.3 is 0 Å². The number of carbonyl (C=O) groups is 1. The van der Waals surface area contributed by atoms with Crippen molar-refractivity contribution in [3.05, 3.63) is 98.9 Å². The summed E-state index contributed by atoms with van der Waals surface area (Å²) in [5.41, 5.74) is 10.9. The summed E-state index contributed by atoms with van der Waals surface area (Å²) in [6.45, 7) is 2.99. The van der Waals surface area contributed by atoms with Crippen LogP contribution in [0, 0.1) is 11.7 Å². The van der Waals surface area contributed by atoms with Crippen LogP contribution in [0.4, 0.5) is 4.39 Å². The molecule has 0 saturated carbocycles. The van der Waals surface area contributed by atoms with Crippen molar-refractivity contribution < 1.29 is 32.2 Å². The van der Waals surface area contributed by atoms with Gasteiger partial charge in [0, 0.05) is 60.8 Å². The number of aliphatic hydroxyl groups is 1. The van der Waals surface area contributed by atoms with Crippen LogP contribution in [0.15, 0.2) is 70.9 Å². The number of nitrogens with zero attached hydrogens (tertiary/aromatic N) is 4. The maximum Gasteiger partial charge on any atom is 0.240 e. The third-order valence-corrected chi connectivity index (χ3v) is 10.4. The predicted octanol–water partition coefficient (Wildman–Crippen LogP) is 5.13. The Balaban J connectivity index is 1.57. The highest BCUT2D eigenvalue weighted by Crippen LogP contribution is 2.38. The third-order valence-electron chi connectivity index (χ3n) is 8.60. The molecule has 1 aliphatic heterocycles. The van der Waals surface area contributed by atoms with Gasteiger partial charge in [-0.15, -0.1) is 0 Å². The molecule has 1 aliphatic rings. The number of benzene rings is 2. The Labute approximate surface area is 291 Å². The number of hydrogen-bond acceptors (Lipinski definition) is 9. The summed E-state index contributed by atoms with van der Waals surface area (Å²) in [7, 11) is -2.50. The number of methoxy groups -OCH3 is 1. The summed E-state index contributed by atoms with van der Waals surface area (Å²) < 4.78 is 55.3. The van der Waals surface area contributed by atoms with Crippen LogP contribution in [0.3, 0.4) is 0 Å². The van der Waals surface area contributed by atoms with Gasteiger partial charge in [0.1, 0.15) is 23.4 Å². The lowest BCUT2D eigenvalue weighted by molar-refractivity contribution is -0.120. The topological polar surface area (TPSA) is 176 Å². The molecule has 0 bridgehead atoms. The van der Waals surface area contributed by atoms with E-state index in [0.29, 0.717) is 42.4 Å². The number of halogens is 2. The molecule has 4 rings (SSSR count). The lowest BCUT2D eigenvalue weighted by atomic mass is 9.75. The Morgan fingerprint density at radius 1 is 1.16 bits per heavy atom. The summed E-state index contributed by atoms with van der Waals surface area (Å²) in [5, 5.41) is 17.3. The zero-order chi connectivity index (χ0) is 35.4. The standard InChI is InChI=1S/C34H42ClFN6O6S/c1-22(43)18-38-20-27(41-49(45,46)29-10-8-28(47-2)9-11-29)7-12-30-25(19-39-21-31(30)36)17-32(44)34(40-42-37)33(24-13-15-48-16-14-24)23-3-5-26(35)6-4-23/h3-6,8-11,19,21-22,24,27,33-34,38,41,43H,7,12-18,20H2,1-2H3/t22-,27+,33+,34-/m1/s1. The minimum atomic E-state index is -3.98. The summed E-state index contributed by atoms with van der Waals surface area (Å²) in [6.07, 6.45) is 3.10. The van der Waals surface area contributed by atoms with E-state index < -0.39 is 45.7 Å². The van der Waals surface area contributed by atoms with Crippen molar-refractivity contribution >= 4 is 27.4 Å². The lowest BCUT2D eigenvalue weighted by Gasteiger charge is -2.34. The Hall–Kier alpha value is -3.62. The highest BCUT2D eigenvalue weighted by molar-refractivity contribution is 7.89. The van der Waals surface area contributed by atoms with E-state index in [4.69, 9.17) is 21.1 Å². The van der Waals surface area contributed by atoms with Gasteiger partial charge in [-0.05, 0) is 97.1 Å². The van der Waals surface area contributed by atoms with Crippen LogP contribution >= 0.6 is 11.6 Å². The molecule has 3 aromatic rings. The van der Waals surface area contributed by atoms with Crippen LogP contribution in [-0.4, -0.2) is 75.9 Å². The molecule has 12 nitrogen and oxygen atoms in total. The van der Waals surface area contributed by atoms with Crippen LogP contribution in [0.5, 0.6) is 5.75 Å². The summed E-state index contributed by atoms with van der Waals surface area (Å²) >= 11 is 6.15. The van der Waals surface area contributed by atoms with Gasteiger partial charge in [0.2, 0.25) is 10.0 Å². The average Bonchev–Trinajstić information content (AvgIpc) is 3.08. The second-order valence-electron chi connectivity index (χ2n) is 12.1. The van der Waals surface area contributed by atoms with Crippen LogP contribution in [0.25, 0.3) is 10.4 Å². The largest absolute Gasteiger partial charge is 0.497 e. The van der Waals surface area contributed by atoms with Crippen LogP contribution < -0.4 is 14.8 Å². The molecule has 1 saturated heterocycles. The molecule has 264 valence electrons. The first kappa shape index (κ1) is 38.2. The van der Waals surface area contributed by atoms with Crippen LogP contribution in [0.1, 0.15) is 48.8 Å². The molecule has 3 N–H and O–H groups in total. The number of pyridine rings is 1. The second kappa shape index (κ2) is 18.4. The molecule has 49 heavy (non-hydrogen) atoms. The fourth-order valence-electron chi connectivity index (χ4n) is 6.12. The zero-order valence-electron chi connectivity index (χ0n) is 27.5. The maximum absolute atomic E-state index is 15.4. The molecule has 1 fully saturated rings. The first-order chi connectivity index (χ1) is 23.5. The van der Waals surface area contributed by atoms with Gasteiger partial charge in [0.15, 0.2) is 0 Å². The van der Waals surface area contributed by atoms with Gasteiger partial charge in [0.05, 0.1) is 24.3 Å². The number of carbonyl (C=O) groups excluding carboxylic acids is 1. The molecule has 0 radical (unpaired) electrons. The minimum absolute atomic E-state index is 0.00639. The number of Topliss-reactive ketones (excluding diaryl/α,β-unsaturated/α-hetero) is 1. The van der Waals surface area contributed by atoms with Crippen molar-refractivity contribution in [1.82, 2.24) is 15.0 Å². The van der Waals surface area contributed by atoms with Gasteiger partial charge in [-0.3, -0.25) is 9.78 Å². The molecule has 0 unspecified atom stereocenters. The van der Waals surface area contributed by atoms with E-state index in [-0.39, 0.29) is 48.7 Å². The number of hydrogen-bond donors (Lipinski definition) is 3. The van der Waals surface area contributed by atoms with E-state index in [1.807, 2.05) is 12.1 Å². The number of aromatic nitrogens is 1. The van der Waals surface area contributed by atoms with Crippen molar-refractivity contribution in [2.75, 3.05) is 33.4 Å². The normalized spacial score (nSPS) is 16.3. The Morgan fingerprint density at radius 3 is 2.49 bits per heavy atom. The van der Waals surface area contributed by atoms with Crippen molar-refractivity contribution in [3.8, 4) is 5.75 Å². The van der Waals surface area contributed by atoms with E-state index in [0.717, 1.165) is 11.8 Å². The highest BCUT2D eigenvalue weighted by atomic mass is 35.5. The SMILES string of the molecule is COc1ccc(S(=O)(=O)N[C@@H](CCc2c(F)cncc2CC(=O)[C@@H](N=[N+]=[N-])[C@@H](c2ccc(Cl)cc2)C2CCOCC2)CNC[C@@H](C)O)cc1. The van der Waals surface area contributed by atoms with Gasteiger partial charge in [-0.2, -0.15) is 0 Å². The molecular formula is C34H42ClFN6O6S. The molecule has 0 amide bonds. The fourth-order valence-corrected chi connectivity index (χ4v) is 7.52. The number of ether oxygens (including phenoxy) is 2. The summed E-state index contributed by atoms with van der Waals surface area (Å²) in [5.74, 6) is -0.995. The fraction of sp³-hybridized carbons (Fsp3) is 0.471. The molecular weight excluding hydrogens is 675 g/mol. The third kappa shape index (κ3) is 10.9. The summed E-state index contributed by atoms with van der Waals surface area (Å²) in [4.78, 5) is 21.1. The van der Waals surface area contributed by atoms with Crippen molar-refractivity contribution in [2.45, 2.75) is 68.0 Å². The minimum Gasteiger partial charge on any atom is -0.497 e. The van der Waals surface area contributed by atoms with Gasteiger partial charge < -0.3 is 19.9 Å². The first-order valence-electron chi connectivity index (χ1n) is 16.1. The maximum atomic E-state index is 15.4. The van der Waals surface area contributed by atoms with Gasteiger partial charge in [0.25, 0.3) is 0 Å². The monoisotopic (exact) mass is 716 g/mol. The Bertz CT molecular complexity index is 1680. The molecule has 15 heteroatoms. The number of ketones is 1. The van der Waals surface area contributed by atoms with Crippen molar-refractivity contribution in [3.63, 3.8) is 0 Å². The van der Waals surface area contributed by atoms with E-state index in [1.165, 1.54) is 37.6 Å². The zero-order valence-corrected chi connectivity index (χ0v) is 29.0. The molecule has 0 aliphatic carbocycles. The first-order valence-corrected chi connectivity index (χ1v) is 17.9. The number of azide groups is 1. The Kier molecular flexibility index (Phi) is 14.3. The second-order valence-corrected chi connectivity index (χ2v) is 14.3. The van der Waals surface area contributed by atoms with Crippen molar-refractivity contribution in [2.24, 2.45) is 11.0 Å². The molecule has 4 atom stereocenters. The number of nitrogens with one attached hydrogen (secondary N) is 2. The average molecular weight is 717 g/mol. The van der Waals surface area contributed by atoms with E-state index in [2.05, 4.69) is 25.0 Å². The molecule has 2 heterocycles. The van der Waals surface area contributed by atoms with Gasteiger partial charge in [-0.25, -0.2) is 17.5 Å². The predicted molar refractivity (Wildman–Crippen MR) is 184 cm³/mol. The Morgan fingerprint density at radius 2 is 1.86 bits per heavy atom. The van der Waals surface area contributed by atoms with Crippen LogP contribution in [0.2, 0.25) is 5.02 Å². The van der Waals surface area contributed by atoms with Crippen molar-refractivity contribution in [1.29, 1.82) is 0 Å². The highest BCUT2D eigenvalue weighted by Gasteiger charge is 2.36. The van der Waals surface area contributed by atoms with E-state index >= 15 is 4.39 Å². The smallest absolute Gasteiger partial charge is 0.240 e. The number of sulfonamides is 1. The number of rotatable bonds is 18. The quantitative estimate of drug-likeness (QED) is 0.0922. The van der Waals surface area contributed by atoms with Gasteiger partial charge in [-0.1, -0.05) is 28.8 Å². The number of aliphatic hydroxyl groups excluding tert-OH is 1. The van der Waals surface area contributed by atoms with Crippen LogP contribution in [-0.2, 0) is 32.4 Å². The molecule has 1 aromatic heterocycles. The lowest BCUT2D eigenvalue weighted by Crippen LogP contribution is -2.43. The van der Waals surface area contributed by atoms with E-state index in [1.54, 1.807) is 19.1 Å². The van der Waals surface area contributed by atoms with E-state index in [9.17, 15) is 23.8 Å². The summed E-state index contributed by atoms with van der Waals surface area (Å²) in [6, 6.07) is 11.2. The molecule has 2 aromatic carbocycles.